The minimum absolute atomic E-state index is 0. The van der Waals surface area contributed by atoms with Gasteiger partial charge in [0.2, 0.25) is 11.8 Å². The van der Waals surface area contributed by atoms with Gasteiger partial charge in [0.1, 0.15) is 0 Å². The number of likely N-dealkylation sites (tertiary alicyclic amines) is 1. The van der Waals surface area contributed by atoms with Crippen molar-refractivity contribution in [3.8, 4) is 0 Å². The molecule has 9 heteroatoms. The van der Waals surface area contributed by atoms with E-state index in [4.69, 9.17) is 9.47 Å². The van der Waals surface area contributed by atoms with E-state index in [2.05, 4.69) is 51.2 Å². The molecule has 0 N–H and O–H groups in total. The van der Waals surface area contributed by atoms with Gasteiger partial charge in [-0.25, -0.2) is 4.68 Å². The van der Waals surface area contributed by atoms with Crippen LogP contribution in [0.25, 0.3) is 0 Å². The zero-order valence-corrected chi connectivity index (χ0v) is 23.4. The topological polar surface area (TPSA) is 86.5 Å². The molecule has 2 amide bonds. The fraction of sp³-hybridized carbons (Fsp3) is 0.600. The molecule has 34 heavy (non-hydrogen) atoms. The molecule has 2 aliphatic rings. The molecule has 2 saturated heterocycles. The molecule has 0 bridgehead atoms. The monoisotopic (exact) mass is 547 g/mol. The molecule has 0 spiro atoms. The van der Waals surface area contributed by atoms with Crippen molar-refractivity contribution >= 4 is 11.8 Å². The molecule has 3 heterocycles. The van der Waals surface area contributed by atoms with Gasteiger partial charge < -0.3 is 28.2 Å². The Kier molecular flexibility index (Phi) is 14.2. The van der Waals surface area contributed by atoms with E-state index < -0.39 is 24.0 Å². The van der Waals surface area contributed by atoms with E-state index in [1.165, 1.54) is 4.90 Å². The number of hydrogen-bond acceptors (Lipinski definition) is 6. The molecule has 0 unspecified atom stereocenters. The number of amides is 2. The first kappa shape index (κ1) is 30.8. The maximum absolute atomic E-state index is 12.0. The summed E-state index contributed by atoms with van der Waals surface area (Å²) >= 11 is 0. The number of aromatic nitrogens is 3. The molecular weight excluding hydrogens is 509 g/mol. The van der Waals surface area contributed by atoms with Crippen LogP contribution in [0.3, 0.4) is 0 Å². The average molecular weight is 548 g/mol. The number of hydrogen-bond donors (Lipinski definition) is 0. The first-order chi connectivity index (χ1) is 15.9. The van der Waals surface area contributed by atoms with Gasteiger partial charge >= 0.3 is 0 Å². The molecule has 187 valence electrons. The summed E-state index contributed by atoms with van der Waals surface area (Å²) in [6.07, 6.45) is 8.44. The maximum Gasteiger partial charge on any atom is 0.233 e. The summed E-state index contributed by atoms with van der Waals surface area (Å²) < 4.78 is 12.9. The molecule has 1 radical (unpaired) electrons. The van der Waals surface area contributed by atoms with Crippen LogP contribution in [0.15, 0.2) is 31.5 Å². The van der Waals surface area contributed by atoms with Crippen molar-refractivity contribution in [1.29, 1.82) is 0 Å². The second-order valence-electron chi connectivity index (χ2n) is 8.64. The molecule has 3 rings (SSSR count). The Morgan fingerprint density at radius 1 is 1.15 bits per heavy atom. The predicted molar refractivity (Wildman–Crippen MR) is 127 cm³/mol. The summed E-state index contributed by atoms with van der Waals surface area (Å²) in [5.41, 5.74) is 1.05. The van der Waals surface area contributed by atoms with Gasteiger partial charge in [-0.3, -0.25) is 9.59 Å². The smallest absolute Gasteiger partial charge is 0.233 e. The van der Waals surface area contributed by atoms with E-state index in [1.54, 1.807) is 12.2 Å². The van der Waals surface area contributed by atoms with Crippen molar-refractivity contribution in [1.82, 2.24) is 19.9 Å². The van der Waals surface area contributed by atoms with Crippen LogP contribution in [0.2, 0.25) is 0 Å². The van der Waals surface area contributed by atoms with E-state index in [-0.39, 0.29) is 51.1 Å². The molecule has 1 aromatic heterocycles. The van der Waals surface area contributed by atoms with E-state index in [0.29, 0.717) is 12.5 Å². The SMILES string of the molecule is C=C[C@@H]1O[C@H](C=C)[C@@H]2C(=O)N(C[CH2-])C(=O)[C@@H]21.[CH2-]CCCc1cn(CCOCCC(C)C)nn1.[Y]. The number of carbonyl (C=O) groups is 2. The minimum atomic E-state index is -0.449. The van der Waals surface area contributed by atoms with Gasteiger partial charge in [-0.1, -0.05) is 44.2 Å². The number of aryl methyl sites for hydroxylation is 1. The number of rotatable bonds is 12. The van der Waals surface area contributed by atoms with Crippen LogP contribution >= 0.6 is 0 Å². The summed E-state index contributed by atoms with van der Waals surface area (Å²) in [7, 11) is 0. The van der Waals surface area contributed by atoms with Crippen LogP contribution in [0.5, 0.6) is 0 Å². The number of nitrogens with zero attached hydrogens (tertiary/aromatic N) is 4. The first-order valence-corrected chi connectivity index (χ1v) is 11.7. The molecule has 8 nitrogen and oxygen atoms in total. The first-order valence-electron chi connectivity index (χ1n) is 11.7. The largest absolute Gasteiger partial charge is 0.380 e. The van der Waals surface area contributed by atoms with Crippen LogP contribution in [-0.4, -0.2) is 63.7 Å². The predicted octanol–water partition coefficient (Wildman–Crippen LogP) is 3.06. The molecule has 0 aliphatic carbocycles. The van der Waals surface area contributed by atoms with Crippen molar-refractivity contribution in [3.05, 3.63) is 51.0 Å². The van der Waals surface area contributed by atoms with Crippen LogP contribution in [0, 0.1) is 31.6 Å². The molecule has 0 aromatic carbocycles. The van der Waals surface area contributed by atoms with Gasteiger partial charge in [0.25, 0.3) is 0 Å². The summed E-state index contributed by atoms with van der Waals surface area (Å²) in [6.45, 7) is 21.6. The van der Waals surface area contributed by atoms with Crippen molar-refractivity contribution in [2.45, 2.75) is 58.3 Å². The van der Waals surface area contributed by atoms with Crippen molar-refractivity contribution in [2.75, 3.05) is 19.8 Å². The normalized spacial score (nSPS) is 23.4. The standard InChI is InChI=1S/C13H24N3O.C12H14NO3.Y/c1-4-5-6-13-11-16(15-14-13)8-10-17-9-7-12(2)3;1-4-7-9-10(8(5-2)16-7)12(15)13(6-3)11(9)14;/h11-12H,1,4-10H2,2-3H3;4-5,7-10H,1-3,6H2;/q2*-1;/t;7-,8+,9+,10-;. The van der Waals surface area contributed by atoms with Gasteiger partial charge in [-0.15, -0.1) is 18.3 Å². The van der Waals surface area contributed by atoms with Crippen molar-refractivity contribution in [3.63, 3.8) is 0 Å². The molecule has 2 aliphatic heterocycles. The van der Waals surface area contributed by atoms with Crippen LogP contribution in [0.4, 0.5) is 0 Å². The third kappa shape index (κ3) is 8.18. The minimum Gasteiger partial charge on any atom is -0.380 e. The molecule has 1 aromatic rings. The van der Waals surface area contributed by atoms with Crippen LogP contribution in [0.1, 0.15) is 38.8 Å². The number of fused-ring (bicyclic) bond motifs is 1. The Morgan fingerprint density at radius 2 is 1.76 bits per heavy atom. The van der Waals surface area contributed by atoms with Crippen molar-refractivity contribution < 1.29 is 51.8 Å². The van der Waals surface area contributed by atoms with E-state index in [1.807, 2.05) is 10.9 Å². The summed E-state index contributed by atoms with van der Waals surface area (Å²) in [6, 6.07) is 0. The van der Waals surface area contributed by atoms with Crippen molar-refractivity contribution in [2.24, 2.45) is 17.8 Å². The zero-order valence-electron chi connectivity index (χ0n) is 20.6. The Labute approximate surface area is 229 Å². The van der Waals surface area contributed by atoms with E-state index >= 15 is 0 Å². The zero-order chi connectivity index (χ0) is 24.4. The molecule has 2 fully saturated rings. The summed E-state index contributed by atoms with van der Waals surface area (Å²) in [5, 5.41) is 8.18. The molecule has 4 atom stereocenters. The van der Waals surface area contributed by atoms with Crippen LogP contribution < -0.4 is 0 Å². The van der Waals surface area contributed by atoms with Gasteiger partial charge in [0.15, 0.2) is 0 Å². The van der Waals surface area contributed by atoms with Gasteiger partial charge in [0, 0.05) is 45.5 Å². The Morgan fingerprint density at radius 3 is 2.26 bits per heavy atom. The van der Waals surface area contributed by atoms with Gasteiger partial charge in [-0.2, -0.15) is 6.42 Å². The number of carbonyl (C=O) groups excluding carboxylic acids is 2. The number of ether oxygens (including phenoxy) is 2. The number of unbranched alkanes of at least 4 members (excludes halogenated alkanes) is 1. The maximum atomic E-state index is 12.0. The second kappa shape index (κ2) is 15.7. The summed E-state index contributed by atoms with van der Waals surface area (Å²) in [4.78, 5) is 25.1. The number of imide groups is 1. The fourth-order valence-corrected chi connectivity index (χ4v) is 3.89. The quantitative estimate of drug-likeness (QED) is 0.173. The third-order valence-corrected chi connectivity index (χ3v) is 5.77. The van der Waals surface area contributed by atoms with E-state index in [0.717, 1.165) is 44.5 Å². The van der Waals surface area contributed by atoms with Crippen LogP contribution in [-0.2, 0) is 64.7 Å². The summed E-state index contributed by atoms with van der Waals surface area (Å²) in [5.74, 6) is -0.612. The van der Waals surface area contributed by atoms with Gasteiger partial charge in [0.05, 0.1) is 42.9 Å². The third-order valence-electron chi connectivity index (χ3n) is 5.77. The van der Waals surface area contributed by atoms with E-state index in [9.17, 15) is 9.59 Å². The van der Waals surface area contributed by atoms with Gasteiger partial charge in [-0.05, 0) is 18.8 Å². The Balaban J connectivity index is 0.000000331. The average Bonchev–Trinajstić information content (AvgIpc) is 3.47. The Bertz CT molecular complexity index is 766. The molecular formula is C25H38N4O4Y-2. The second-order valence-corrected chi connectivity index (χ2v) is 8.64. The fourth-order valence-electron chi connectivity index (χ4n) is 3.89. The Hall–Kier alpha value is -1.22. The molecule has 0 saturated carbocycles.